The first-order valence-corrected chi connectivity index (χ1v) is 7.23. The van der Waals surface area contributed by atoms with Crippen LogP contribution in [0.2, 0.25) is 0 Å². The van der Waals surface area contributed by atoms with Crippen molar-refractivity contribution >= 4 is 5.69 Å². The summed E-state index contributed by atoms with van der Waals surface area (Å²) in [7, 11) is 0. The minimum Gasteiger partial charge on any atom is -0.371 e. The van der Waals surface area contributed by atoms with E-state index in [-0.39, 0.29) is 0 Å². The largest absolute Gasteiger partial charge is 0.371 e. The van der Waals surface area contributed by atoms with Crippen molar-refractivity contribution in [3.8, 4) is 0 Å². The van der Waals surface area contributed by atoms with Crippen molar-refractivity contribution in [2.24, 2.45) is 0 Å². The maximum Gasteiger partial charge on any atom is 0.0769 e. The molecule has 20 heavy (non-hydrogen) atoms. The van der Waals surface area contributed by atoms with Crippen LogP contribution in [-0.2, 0) is 13.1 Å². The van der Waals surface area contributed by atoms with Gasteiger partial charge in [0, 0.05) is 38.1 Å². The first kappa shape index (κ1) is 13.1. The summed E-state index contributed by atoms with van der Waals surface area (Å²) in [6.07, 6.45) is 4.31. The molecule has 0 unspecified atom stereocenters. The van der Waals surface area contributed by atoms with Crippen LogP contribution in [0.25, 0.3) is 0 Å². The molecule has 0 atom stereocenters. The van der Waals surface area contributed by atoms with Crippen molar-refractivity contribution in [2.45, 2.75) is 25.9 Å². The lowest BCUT2D eigenvalue weighted by atomic mass is 10.1. The fourth-order valence-electron chi connectivity index (χ4n) is 2.68. The lowest BCUT2D eigenvalue weighted by Gasteiger charge is -2.21. The molecule has 4 heteroatoms. The Hall–Kier alpha value is -1.94. The number of rotatable bonds is 5. The van der Waals surface area contributed by atoms with Gasteiger partial charge in [0.05, 0.1) is 5.69 Å². The molecule has 104 valence electrons. The Morgan fingerprint density at radius 1 is 1.00 bits per heavy atom. The smallest absolute Gasteiger partial charge is 0.0769 e. The highest BCUT2D eigenvalue weighted by Crippen LogP contribution is 2.24. The second-order valence-electron chi connectivity index (χ2n) is 5.14. The van der Waals surface area contributed by atoms with E-state index in [1.165, 1.54) is 37.2 Å². The van der Waals surface area contributed by atoms with E-state index in [2.05, 4.69) is 44.7 Å². The summed E-state index contributed by atoms with van der Waals surface area (Å²) in [5, 5.41) is 11.4. The predicted octanol–water partition coefficient (Wildman–Crippen LogP) is 2.37. The molecule has 1 aromatic carbocycles. The Labute approximate surface area is 119 Å². The van der Waals surface area contributed by atoms with Crippen LogP contribution in [0.5, 0.6) is 0 Å². The molecule has 0 aliphatic carbocycles. The Bertz CT molecular complexity index is 535. The Morgan fingerprint density at radius 3 is 2.65 bits per heavy atom. The van der Waals surface area contributed by atoms with E-state index in [1.807, 2.05) is 12.1 Å². The van der Waals surface area contributed by atoms with Crippen LogP contribution >= 0.6 is 0 Å². The van der Waals surface area contributed by atoms with Crippen LogP contribution in [0.4, 0.5) is 5.69 Å². The monoisotopic (exact) mass is 268 g/mol. The lowest BCUT2D eigenvalue weighted by molar-refractivity contribution is 0.668. The third-order valence-electron chi connectivity index (χ3n) is 3.69. The summed E-state index contributed by atoms with van der Waals surface area (Å²) in [5.41, 5.74) is 3.71. The first-order chi connectivity index (χ1) is 9.93. The van der Waals surface area contributed by atoms with E-state index < -0.39 is 0 Å². The van der Waals surface area contributed by atoms with E-state index >= 15 is 0 Å². The molecule has 3 rings (SSSR count). The van der Waals surface area contributed by atoms with E-state index in [0.29, 0.717) is 0 Å². The number of hydrogen-bond acceptors (Lipinski definition) is 4. The molecule has 1 N–H and O–H groups in total. The van der Waals surface area contributed by atoms with Crippen LogP contribution in [0, 0.1) is 0 Å². The second kappa shape index (κ2) is 6.48. The van der Waals surface area contributed by atoms with Crippen LogP contribution < -0.4 is 10.2 Å². The zero-order valence-electron chi connectivity index (χ0n) is 11.6. The highest BCUT2D eigenvalue weighted by molar-refractivity contribution is 5.54. The van der Waals surface area contributed by atoms with Crippen molar-refractivity contribution in [1.82, 2.24) is 15.5 Å². The third kappa shape index (κ3) is 3.14. The molecular weight excluding hydrogens is 248 g/mol. The number of nitrogens with zero attached hydrogens (tertiary/aromatic N) is 3. The highest BCUT2D eigenvalue weighted by Gasteiger charge is 2.14. The van der Waals surface area contributed by atoms with Gasteiger partial charge in [0.1, 0.15) is 0 Å². The molecule has 1 aliphatic rings. The summed E-state index contributed by atoms with van der Waals surface area (Å²) >= 11 is 0. The summed E-state index contributed by atoms with van der Waals surface area (Å²) in [6, 6.07) is 12.6. The van der Waals surface area contributed by atoms with Crippen molar-refractivity contribution in [3.05, 3.63) is 53.9 Å². The Balaban J connectivity index is 1.62. The molecular formula is C16H20N4. The predicted molar refractivity (Wildman–Crippen MR) is 80.5 cm³/mol. The maximum absolute atomic E-state index is 4.09. The van der Waals surface area contributed by atoms with Crippen molar-refractivity contribution in [2.75, 3.05) is 18.0 Å². The SMILES string of the molecule is c1cnnc(CNCc2ccccc2N2CCCC2)c1. The highest BCUT2D eigenvalue weighted by atomic mass is 15.1. The van der Waals surface area contributed by atoms with E-state index in [4.69, 9.17) is 0 Å². The molecule has 0 amide bonds. The van der Waals surface area contributed by atoms with Crippen LogP contribution in [0.1, 0.15) is 24.1 Å². The number of anilines is 1. The van der Waals surface area contributed by atoms with Gasteiger partial charge in [0.15, 0.2) is 0 Å². The number of nitrogens with one attached hydrogen (secondary N) is 1. The van der Waals surface area contributed by atoms with Gasteiger partial charge in [-0.3, -0.25) is 0 Å². The number of hydrogen-bond donors (Lipinski definition) is 1. The summed E-state index contributed by atoms with van der Waals surface area (Å²) in [4.78, 5) is 2.49. The van der Waals surface area contributed by atoms with Gasteiger partial charge in [-0.1, -0.05) is 18.2 Å². The summed E-state index contributed by atoms with van der Waals surface area (Å²) in [5.74, 6) is 0. The molecule has 1 saturated heterocycles. The van der Waals surface area contributed by atoms with Gasteiger partial charge in [-0.25, -0.2) is 0 Å². The van der Waals surface area contributed by atoms with Gasteiger partial charge in [0.25, 0.3) is 0 Å². The third-order valence-corrected chi connectivity index (χ3v) is 3.69. The van der Waals surface area contributed by atoms with Gasteiger partial charge in [-0.15, -0.1) is 0 Å². The molecule has 0 saturated carbocycles. The first-order valence-electron chi connectivity index (χ1n) is 7.23. The fraction of sp³-hybridized carbons (Fsp3) is 0.375. The molecule has 0 radical (unpaired) electrons. The zero-order valence-corrected chi connectivity index (χ0v) is 11.6. The zero-order chi connectivity index (χ0) is 13.6. The average molecular weight is 268 g/mol. The standard InChI is InChI=1S/C16H20N4/c1-2-8-16(20-10-3-4-11-20)14(6-1)12-17-13-15-7-5-9-18-19-15/h1-2,5-9,17H,3-4,10-13H2. The molecule has 2 heterocycles. The quantitative estimate of drug-likeness (QED) is 0.904. The minimum atomic E-state index is 0.752. The Morgan fingerprint density at radius 2 is 1.85 bits per heavy atom. The molecule has 1 aliphatic heterocycles. The number of benzene rings is 1. The fourth-order valence-corrected chi connectivity index (χ4v) is 2.68. The van der Waals surface area contributed by atoms with E-state index in [1.54, 1.807) is 6.20 Å². The normalized spacial score (nSPS) is 14.7. The van der Waals surface area contributed by atoms with Crippen molar-refractivity contribution in [1.29, 1.82) is 0 Å². The van der Waals surface area contributed by atoms with Gasteiger partial charge >= 0.3 is 0 Å². The Kier molecular flexibility index (Phi) is 4.23. The van der Waals surface area contributed by atoms with Crippen LogP contribution in [0.15, 0.2) is 42.6 Å². The molecule has 4 nitrogen and oxygen atoms in total. The van der Waals surface area contributed by atoms with Gasteiger partial charge in [0.2, 0.25) is 0 Å². The number of para-hydroxylation sites is 1. The van der Waals surface area contributed by atoms with Gasteiger partial charge in [-0.2, -0.15) is 10.2 Å². The molecule has 0 bridgehead atoms. The molecule has 1 fully saturated rings. The number of aromatic nitrogens is 2. The van der Waals surface area contributed by atoms with Crippen molar-refractivity contribution in [3.63, 3.8) is 0 Å². The molecule has 2 aromatic rings. The maximum atomic E-state index is 4.09. The minimum absolute atomic E-state index is 0.752. The summed E-state index contributed by atoms with van der Waals surface area (Å²) in [6.45, 7) is 3.98. The van der Waals surface area contributed by atoms with Gasteiger partial charge < -0.3 is 10.2 Å². The molecule has 0 spiro atoms. The van der Waals surface area contributed by atoms with E-state index in [9.17, 15) is 0 Å². The van der Waals surface area contributed by atoms with E-state index in [0.717, 1.165) is 18.8 Å². The summed E-state index contributed by atoms with van der Waals surface area (Å²) < 4.78 is 0. The lowest BCUT2D eigenvalue weighted by Crippen LogP contribution is -2.21. The molecule has 1 aromatic heterocycles. The van der Waals surface area contributed by atoms with Crippen LogP contribution in [-0.4, -0.2) is 23.3 Å². The second-order valence-corrected chi connectivity index (χ2v) is 5.14. The van der Waals surface area contributed by atoms with Crippen molar-refractivity contribution < 1.29 is 0 Å². The average Bonchev–Trinajstić information content (AvgIpc) is 3.03. The van der Waals surface area contributed by atoms with Crippen LogP contribution in [0.3, 0.4) is 0 Å². The van der Waals surface area contributed by atoms with Gasteiger partial charge in [-0.05, 0) is 36.6 Å². The topological polar surface area (TPSA) is 41.1 Å².